The Hall–Kier alpha value is -4.31. The molecule has 160 valence electrons. The van der Waals surface area contributed by atoms with Gasteiger partial charge in [-0.1, -0.05) is 24.3 Å². The van der Waals surface area contributed by atoms with Gasteiger partial charge in [-0.3, -0.25) is 20.2 Å². The van der Waals surface area contributed by atoms with Crippen LogP contribution in [0.15, 0.2) is 65.1 Å². The molecule has 4 aromatic rings. The van der Waals surface area contributed by atoms with Gasteiger partial charge in [0.05, 0.1) is 10.5 Å². The van der Waals surface area contributed by atoms with Crippen molar-refractivity contribution in [2.24, 2.45) is 0 Å². The number of hydrogen-bond acceptors (Lipinski definition) is 7. The number of nitro benzene ring substituents is 1. The summed E-state index contributed by atoms with van der Waals surface area (Å²) in [5.74, 6) is -0.494. The molecule has 3 aromatic carbocycles. The number of rotatable bonds is 4. The zero-order chi connectivity index (χ0) is 22.8. The van der Waals surface area contributed by atoms with Gasteiger partial charge in [0.1, 0.15) is 16.8 Å². The maximum absolute atomic E-state index is 12.5. The van der Waals surface area contributed by atoms with E-state index in [0.717, 1.165) is 0 Å². The van der Waals surface area contributed by atoms with Crippen LogP contribution in [0.3, 0.4) is 0 Å². The number of fused-ring (bicyclic) bond motifs is 1. The van der Waals surface area contributed by atoms with Crippen LogP contribution in [0.4, 0.5) is 11.4 Å². The fraction of sp³-hybridized carbons (Fsp3) is 0.0455. The van der Waals surface area contributed by atoms with Gasteiger partial charge >= 0.3 is 0 Å². The summed E-state index contributed by atoms with van der Waals surface area (Å²) in [4.78, 5) is 27.4. The molecule has 1 aromatic heterocycles. The number of phenolic OH excluding ortho intramolecular Hbond substituents is 1. The Kier molecular flexibility index (Phi) is 5.52. The second kappa shape index (κ2) is 8.44. The van der Waals surface area contributed by atoms with Crippen molar-refractivity contribution in [3.05, 3.63) is 81.9 Å². The van der Waals surface area contributed by atoms with E-state index >= 15 is 0 Å². The molecule has 10 heteroatoms. The lowest BCUT2D eigenvalue weighted by Crippen LogP contribution is -2.34. The Balaban J connectivity index is 1.58. The quantitative estimate of drug-likeness (QED) is 0.179. The van der Waals surface area contributed by atoms with Crippen molar-refractivity contribution in [2.75, 3.05) is 5.32 Å². The summed E-state index contributed by atoms with van der Waals surface area (Å²) in [5.41, 5.74) is 2.11. The van der Waals surface area contributed by atoms with Crippen molar-refractivity contribution in [3.63, 3.8) is 0 Å². The first-order valence-corrected chi connectivity index (χ1v) is 9.79. The highest BCUT2D eigenvalue weighted by molar-refractivity contribution is 7.80. The number of amides is 1. The summed E-state index contributed by atoms with van der Waals surface area (Å²) in [7, 11) is 0. The van der Waals surface area contributed by atoms with Gasteiger partial charge in [-0.25, -0.2) is 4.98 Å². The minimum Gasteiger partial charge on any atom is -0.507 e. The average Bonchev–Trinajstić information content (AvgIpc) is 3.20. The van der Waals surface area contributed by atoms with Crippen molar-refractivity contribution in [1.82, 2.24) is 10.3 Å². The topological polar surface area (TPSA) is 131 Å². The van der Waals surface area contributed by atoms with E-state index in [1.54, 1.807) is 31.2 Å². The van der Waals surface area contributed by atoms with Crippen LogP contribution in [0.5, 0.6) is 5.75 Å². The van der Waals surface area contributed by atoms with E-state index in [1.807, 2.05) is 12.1 Å². The van der Waals surface area contributed by atoms with Crippen LogP contribution >= 0.6 is 12.2 Å². The number of thiocarbonyl (C=S) groups is 1. The van der Waals surface area contributed by atoms with Crippen LogP contribution in [-0.2, 0) is 0 Å². The molecule has 0 saturated heterocycles. The molecule has 0 aliphatic heterocycles. The lowest BCUT2D eigenvalue weighted by Gasteiger charge is -2.12. The number of phenols is 1. The molecule has 0 atom stereocenters. The maximum atomic E-state index is 12.5. The number of benzene rings is 3. The number of nitro groups is 1. The molecule has 0 radical (unpaired) electrons. The number of para-hydroxylation sites is 3. The van der Waals surface area contributed by atoms with E-state index in [9.17, 15) is 20.0 Å². The lowest BCUT2D eigenvalue weighted by atomic mass is 10.1. The lowest BCUT2D eigenvalue weighted by molar-refractivity contribution is -0.385. The SMILES string of the molecule is Cc1cc(NC(=S)NC(=O)c2ccccc2[N+](=O)[O-])cc(-c2nc3ccccc3o2)c1O. The van der Waals surface area contributed by atoms with E-state index in [2.05, 4.69) is 15.6 Å². The smallest absolute Gasteiger partial charge is 0.282 e. The van der Waals surface area contributed by atoms with E-state index in [1.165, 1.54) is 24.3 Å². The molecule has 0 aliphatic carbocycles. The monoisotopic (exact) mass is 448 g/mol. The van der Waals surface area contributed by atoms with E-state index in [4.69, 9.17) is 16.6 Å². The molecule has 4 rings (SSSR count). The summed E-state index contributed by atoms with van der Waals surface area (Å²) in [6.07, 6.45) is 0. The van der Waals surface area contributed by atoms with Gasteiger partial charge in [0.15, 0.2) is 10.7 Å². The van der Waals surface area contributed by atoms with E-state index in [-0.39, 0.29) is 28.0 Å². The van der Waals surface area contributed by atoms with Crippen LogP contribution < -0.4 is 10.6 Å². The third-order valence-electron chi connectivity index (χ3n) is 4.66. The molecule has 0 bridgehead atoms. The first kappa shape index (κ1) is 20.9. The highest BCUT2D eigenvalue weighted by atomic mass is 32.1. The van der Waals surface area contributed by atoms with Crippen molar-refractivity contribution in [1.29, 1.82) is 0 Å². The zero-order valence-corrected chi connectivity index (χ0v) is 17.5. The van der Waals surface area contributed by atoms with Crippen LogP contribution in [0.1, 0.15) is 15.9 Å². The van der Waals surface area contributed by atoms with E-state index in [0.29, 0.717) is 27.9 Å². The molecule has 0 saturated carbocycles. The number of carbonyl (C=O) groups excluding carboxylic acids is 1. The van der Waals surface area contributed by atoms with Crippen molar-refractivity contribution in [2.45, 2.75) is 6.92 Å². The number of aromatic nitrogens is 1. The molecule has 0 fully saturated rings. The molecule has 0 spiro atoms. The zero-order valence-electron chi connectivity index (χ0n) is 16.7. The number of oxazole rings is 1. The number of anilines is 1. The number of nitrogens with zero attached hydrogens (tertiary/aromatic N) is 2. The third kappa shape index (κ3) is 4.12. The normalized spacial score (nSPS) is 10.7. The molecular weight excluding hydrogens is 432 g/mol. The Bertz CT molecular complexity index is 1350. The average molecular weight is 448 g/mol. The number of nitrogens with one attached hydrogen (secondary N) is 2. The van der Waals surface area contributed by atoms with Crippen LogP contribution in [0, 0.1) is 17.0 Å². The van der Waals surface area contributed by atoms with Crippen LogP contribution in [0.25, 0.3) is 22.6 Å². The predicted octanol–water partition coefficient (Wildman–Crippen LogP) is 4.54. The molecule has 9 nitrogen and oxygen atoms in total. The largest absolute Gasteiger partial charge is 0.507 e. The summed E-state index contributed by atoms with van der Waals surface area (Å²) in [5, 5.41) is 26.9. The molecule has 3 N–H and O–H groups in total. The molecule has 1 amide bonds. The number of aromatic hydroxyl groups is 1. The highest BCUT2D eigenvalue weighted by Crippen LogP contribution is 2.36. The summed E-state index contributed by atoms with van der Waals surface area (Å²) < 4.78 is 5.74. The van der Waals surface area contributed by atoms with Gasteiger partial charge in [-0.05, 0) is 55.0 Å². The van der Waals surface area contributed by atoms with Crippen molar-refractivity contribution in [3.8, 4) is 17.2 Å². The van der Waals surface area contributed by atoms with Gasteiger partial charge in [0.25, 0.3) is 11.6 Å². The predicted molar refractivity (Wildman–Crippen MR) is 123 cm³/mol. The second-order valence-electron chi connectivity index (χ2n) is 6.86. The van der Waals surface area contributed by atoms with Crippen LogP contribution in [-0.4, -0.2) is 26.0 Å². The Morgan fingerprint density at radius 3 is 2.62 bits per heavy atom. The van der Waals surface area contributed by atoms with Gasteiger partial charge in [-0.2, -0.15) is 0 Å². The first-order chi connectivity index (χ1) is 15.3. The van der Waals surface area contributed by atoms with Crippen molar-refractivity contribution >= 4 is 45.7 Å². The first-order valence-electron chi connectivity index (χ1n) is 9.39. The molecule has 0 aliphatic rings. The number of aryl methyl sites for hydroxylation is 1. The van der Waals surface area contributed by atoms with E-state index < -0.39 is 10.8 Å². The minimum atomic E-state index is -0.718. The number of carbonyl (C=O) groups is 1. The standard InChI is InChI=1S/C22H16N4O5S/c1-12-10-13(11-15(19(12)27)21-24-16-7-3-5-9-18(16)31-21)23-22(32)25-20(28)14-6-2-4-8-17(14)26(29)30/h2-11,27H,1H3,(H2,23,25,28,32). The fourth-order valence-corrected chi connectivity index (χ4v) is 3.37. The second-order valence-corrected chi connectivity index (χ2v) is 7.27. The Labute approximate surface area is 186 Å². The van der Waals surface area contributed by atoms with Gasteiger partial charge < -0.3 is 14.8 Å². The maximum Gasteiger partial charge on any atom is 0.282 e. The third-order valence-corrected chi connectivity index (χ3v) is 4.86. The van der Waals surface area contributed by atoms with Gasteiger partial charge in [0.2, 0.25) is 5.89 Å². The van der Waals surface area contributed by atoms with Gasteiger partial charge in [0, 0.05) is 11.8 Å². The van der Waals surface area contributed by atoms with Crippen molar-refractivity contribution < 1.29 is 19.2 Å². The Morgan fingerprint density at radius 2 is 1.88 bits per heavy atom. The van der Waals surface area contributed by atoms with Gasteiger partial charge in [-0.15, -0.1) is 0 Å². The molecule has 32 heavy (non-hydrogen) atoms. The molecular formula is C22H16N4O5S. The highest BCUT2D eigenvalue weighted by Gasteiger charge is 2.20. The number of hydrogen-bond donors (Lipinski definition) is 3. The molecule has 0 unspecified atom stereocenters. The minimum absolute atomic E-state index is 0.00281. The summed E-state index contributed by atoms with van der Waals surface area (Å²) in [6.45, 7) is 1.70. The summed E-state index contributed by atoms with van der Waals surface area (Å²) >= 11 is 5.20. The van der Waals surface area contributed by atoms with Crippen LogP contribution in [0.2, 0.25) is 0 Å². The summed E-state index contributed by atoms with van der Waals surface area (Å²) in [6, 6.07) is 16.0. The fourth-order valence-electron chi connectivity index (χ4n) is 3.16. The molecule has 1 heterocycles. The Morgan fingerprint density at radius 1 is 1.16 bits per heavy atom.